The van der Waals surface area contributed by atoms with Crippen LogP contribution in [0.25, 0.3) is 10.9 Å². The molecule has 0 saturated carbocycles. The molecule has 0 amide bonds. The van der Waals surface area contributed by atoms with Crippen molar-refractivity contribution in [1.82, 2.24) is 4.98 Å². The van der Waals surface area contributed by atoms with Crippen LogP contribution in [-0.4, -0.2) is 37.9 Å². The smallest absolute Gasteiger partial charge is 0.145 e. The van der Waals surface area contributed by atoms with E-state index < -0.39 is 0 Å². The Labute approximate surface area is 132 Å². The summed E-state index contributed by atoms with van der Waals surface area (Å²) in [6.07, 6.45) is 4.59. The van der Waals surface area contributed by atoms with Gasteiger partial charge in [0.05, 0.1) is 18.9 Å². The second kappa shape index (κ2) is 6.53. The van der Waals surface area contributed by atoms with Crippen molar-refractivity contribution in [2.75, 3.05) is 31.7 Å². The van der Waals surface area contributed by atoms with Crippen molar-refractivity contribution in [3.05, 3.63) is 30.0 Å². The normalized spacial score (nSPS) is 18.7. The van der Waals surface area contributed by atoms with Gasteiger partial charge in [-0.3, -0.25) is 4.98 Å². The zero-order valence-electron chi connectivity index (χ0n) is 13.6. The van der Waals surface area contributed by atoms with Crippen LogP contribution in [0.2, 0.25) is 0 Å². The van der Waals surface area contributed by atoms with Crippen molar-refractivity contribution in [3.63, 3.8) is 0 Å². The Balaban J connectivity index is 2.04. The van der Waals surface area contributed by atoms with Gasteiger partial charge in [0.2, 0.25) is 0 Å². The number of ether oxygens (including phenoxy) is 2. The van der Waals surface area contributed by atoms with Crippen LogP contribution in [0, 0.1) is 6.92 Å². The van der Waals surface area contributed by atoms with Crippen molar-refractivity contribution in [2.45, 2.75) is 32.8 Å². The molecule has 2 aromatic rings. The first kappa shape index (κ1) is 15.1. The van der Waals surface area contributed by atoms with Crippen molar-refractivity contribution in [2.24, 2.45) is 0 Å². The molecule has 0 bridgehead atoms. The number of para-hydroxylation sites is 1. The van der Waals surface area contributed by atoms with Crippen molar-refractivity contribution < 1.29 is 9.47 Å². The first-order valence-electron chi connectivity index (χ1n) is 8.03. The highest BCUT2D eigenvalue weighted by Crippen LogP contribution is 2.35. The lowest BCUT2D eigenvalue weighted by Crippen LogP contribution is -2.40. The van der Waals surface area contributed by atoms with E-state index in [1.54, 1.807) is 7.11 Å². The van der Waals surface area contributed by atoms with Crippen LogP contribution in [0.1, 0.15) is 25.3 Å². The second-order valence-corrected chi connectivity index (χ2v) is 5.81. The van der Waals surface area contributed by atoms with Gasteiger partial charge in [0.15, 0.2) is 0 Å². The Morgan fingerprint density at radius 2 is 2.23 bits per heavy atom. The van der Waals surface area contributed by atoms with Gasteiger partial charge < -0.3 is 14.4 Å². The Morgan fingerprint density at radius 3 is 3.00 bits per heavy atom. The fourth-order valence-corrected chi connectivity index (χ4v) is 3.38. The van der Waals surface area contributed by atoms with E-state index in [0.29, 0.717) is 6.10 Å². The van der Waals surface area contributed by atoms with Gasteiger partial charge in [-0.05, 0) is 38.3 Å². The topological polar surface area (TPSA) is 34.6 Å². The van der Waals surface area contributed by atoms with Crippen LogP contribution in [0.5, 0.6) is 5.75 Å². The minimum atomic E-state index is 0.326. The first-order valence-corrected chi connectivity index (χ1v) is 8.03. The SMILES string of the molecule is CCOC1CCCN(c2c(C)cnc3c(OC)cccc23)C1. The number of pyridine rings is 1. The number of fused-ring (bicyclic) bond motifs is 1. The fourth-order valence-electron chi connectivity index (χ4n) is 3.38. The Kier molecular flexibility index (Phi) is 4.48. The van der Waals surface area contributed by atoms with Gasteiger partial charge in [0.25, 0.3) is 0 Å². The zero-order chi connectivity index (χ0) is 15.5. The summed E-state index contributed by atoms with van der Waals surface area (Å²) in [6.45, 7) is 7.00. The number of rotatable bonds is 4. The van der Waals surface area contributed by atoms with E-state index in [2.05, 4.69) is 29.8 Å². The molecule has 0 N–H and O–H groups in total. The van der Waals surface area contributed by atoms with E-state index >= 15 is 0 Å². The Hall–Kier alpha value is -1.81. The highest BCUT2D eigenvalue weighted by Gasteiger charge is 2.23. The Morgan fingerprint density at radius 1 is 1.36 bits per heavy atom. The van der Waals surface area contributed by atoms with Gasteiger partial charge in [-0.2, -0.15) is 0 Å². The molecule has 0 radical (unpaired) electrons. The number of anilines is 1. The van der Waals surface area contributed by atoms with Crippen LogP contribution in [0.3, 0.4) is 0 Å². The molecule has 2 heterocycles. The predicted octanol–water partition coefficient (Wildman–Crippen LogP) is 3.56. The Bertz CT molecular complexity index is 655. The summed E-state index contributed by atoms with van der Waals surface area (Å²) in [4.78, 5) is 7.03. The molecule has 1 aromatic carbocycles. The third-order valence-electron chi connectivity index (χ3n) is 4.33. The van der Waals surface area contributed by atoms with Crippen molar-refractivity contribution in [3.8, 4) is 5.75 Å². The molecule has 118 valence electrons. The molecular formula is C18H24N2O2. The van der Waals surface area contributed by atoms with Crippen molar-refractivity contribution in [1.29, 1.82) is 0 Å². The molecule has 1 unspecified atom stereocenters. The third-order valence-corrected chi connectivity index (χ3v) is 4.33. The zero-order valence-corrected chi connectivity index (χ0v) is 13.6. The van der Waals surface area contributed by atoms with E-state index in [1.165, 1.54) is 11.3 Å². The van der Waals surface area contributed by atoms with Gasteiger partial charge in [-0.1, -0.05) is 12.1 Å². The fraction of sp³-hybridized carbons (Fsp3) is 0.500. The summed E-state index contributed by atoms with van der Waals surface area (Å²) in [6, 6.07) is 6.14. The van der Waals surface area contributed by atoms with E-state index in [0.717, 1.165) is 49.2 Å². The highest BCUT2D eigenvalue weighted by molar-refractivity contribution is 5.96. The van der Waals surface area contributed by atoms with E-state index in [-0.39, 0.29) is 0 Å². The third kappa shape index (κ3) is 2.75. The molecular weight excluding hydrogens is 276 g/mol. The lowest BCUT2D eigenvalue weighted by Gasteiger charge is -2.35. The second-order valence-electron chi connectivity index (χ2n) is 5.81. The number of hydrogen-bond donors (Lipinski definition) is 0. The molecule has 1 saturated heterocycles. The maximum atomic E-state index is 5.85. The first-order chi connectivity index (χ1) is 10.7. The van der Waals surface area contributed by atoms with Crippen LogP contribution in [0.4, 0.5) is 5.69 Å². The summed E-state index contributed by atoms with van der Waals surface area (Å²) in [5.74, 6) is 0.831. The van der Waals surface area contributed by atoms with Gasteiger partial charge >= 0.3 is 0 Å². The van der Waals surface area contributed by atoms with E-state index in [4.69, 9.17) is 9.47 Å². The average molecular weight is 300 g/mol. The van der Waals surface area contributed by atoms with Gasteiger partial charge in [0, 0.05) is 31.3 Å². The number of aromatic nitrogens is 1. The largest absolute Gasteiger partial charge is 0.494 e. The average Bonchev–Trinajstić information content (AvgIpc) is 2.54. The molecule has 1 aliphatic rings. The summed E-state index contributed by atoms with van der Waals surface area (Å²) in [7, 11) is 1.70. The van der Waals surface area contributed by atoms with Crippen LogP contribution >= 0.6 is 0 Å². The van der Waals surface area contributed by atoms with Crippen LogP contribution < -0.4 is 9.64 Å². The van der Waals surface area contributed by atoms with Crippen LogP contribution in [0.15, 0.2) is 24.4 Å². The molecule has 0 spiro atoms. The van der Waals surface area contributed by atoms with Crippen molar-refractivity contribution >= 4 is 16.6 Å². The number of aryl methyl sites for hydroxylation is 1. The van der Waals surface area contributed by atoms with E-state index in [9.17, 15) is 0 Å². The standard InChI is InChI=1S/C18H24N2O2/c1-4-22-14-7-6-10-20(12-14)18-13(2)11-19-17-15(18)8-5-9-16(17)21-3/h5,8-9,11,14H,4,6-7,10,12H2,1-3H3. The lowest BCUT2D eigenvalue weighted by atomic mass is 10.0. The summed E-state index contributed by atoms with van der Waals surface area (Å²) < 4.78 is 11.3. The molecule has 4 heteroatoms. The molecule has 3 rings (SSSR count). The summed E-state index contributed by atoms with van der Waals surface area (Å²) in [5, 5.41) is 1.16. The predicted molar refractivity (Wildman–Crippen MR) is 89.9 cm³/mol. The van der Waals surface area contributed by atoms with E-state index in [1.807, 2.05) is 18.3 Å². The molecule has 1 aliphatic heterocycles. The maximum Gasteiger partial charge on any atom is 0.145 e. The molecule has 1 atom stereocenters. The minimum absolute atomic E-state index is 0.326. The minimum Gasteiger partial charge on any atom is -0.494 e. The van der Waals surface area contributed by atoms with Crippen LogP contribution in [-0.2, 0) is 4.74 Å². The summed E-state index contributed by atoms with van der Waals surface area (Å²) in [5.41, 5.74) is 3.41. The van der Waals surface area contributed by atoms with Gasteiger partial charge in [-0.15, -0.1) is 0 Å². The number of piperidine rings is 1. The quantitative estimate of drug-likeness (QED) is 0.865. The lowest BCUT2D eigenvalue weighted by molar-refractivity contribution is 0.0527. The highest BCUT2D eigenvalue weighted by atomic mass is 16.5. The molecule has 1 aromatic heterocycles. The number of benzene rings is 1. The number of nitrogens with zero attached hydrogens (tertiary/aromatic N) is 2. The molecule has 1 fully saturated rings. The molecule has 4 nitrogen and oxygen atoms in total. The van der Waals surface area contributed by atoms with Gasteiger partial charge in [-0.25, -0.2) is 0 Å². The number of methoxy groups -OCH3 is 1. The summed E-state index contributed by atoms with van der Waals surface area (Å²) >= 11 is 0. The van der Waals surface area contributed by atoms with Gasteiger partial charge in [0.1, 0.15) is 11.3 Å². The molecule has 0 aliphatic carbocycles. The maximum absolute atomic E-state index is 5.85. The molecule has 22 heavy (non-hydrogen) atoms. The number of hydrogen-bond acceptors (Lipinski definition) is 4. The monoisotopic (exact) mass is 300 g/mol.